The number of fused-ring (bicyclic) bond motifs is 2. The Morgan fingerprint density at radius 1 is 1.24 bits per heavy atom. The van der Waals surface area contributed by atoms with E-state index in [1.54, 1.807) is 23.7 Å². The Hall–Kier alpha value is -3.19. The van der Waals surface area contributed by atoms with Crippen molar-refractivity contribution in [1.29, 1.82) is 0 Å². The van der Waals surface area contributed by atoms with Crippen LogP contribution in [0.3, 0.4) is 0 Å². The molecule has 0 spiro atoms. The molecule has 5 rings (SSSR count). The molecule has 170 valence electrons. The highest BCUT2D eigenvalue weighted by atomic mass is 32.1. The molecule has 0 radical (unpaired) electrons. The monoisotopic (exact) mass is 461 g/mol. The number of nitrogens with zero attached hydrogens (tertiary/aromatic N) is 1. The van der Waals surface area contributed by atoms with E-state index in [0.717, 1.165) is 36.1 Å². The zero-order chi connectivity index (χ0) is 23.2. The van der Waals surface area contributed by atoms with Gasteiger partial charge in [0, 0.05) is 10.4 Å². The summed E-state index contributed by atoms with van der Waals surface area (Å²) in [6.45, 7) is 7.12. The lowest BCUT2D eigenvalue weighted by Gasteiger charge is -2.33. The van der Waals surface area contributed by atoms with Gasteiger partial charge in [0.15, 0.2) is 0 Å². The molecule has 0 saturated heterocycles. The molecule has 2 aromatic heterocycles. The number of aliphatic imine (C=N–C) groups is 1. The number of benzene rings is 1. The van der Waals surface area contributed by atoms with E-state index in [0.29, 0.717) is 34.5 Å². The molecule has 0 fully saturated rings. The predicted molar refractivity (Wildman–Crippen MR) is 130 cm³/mol. The quantitative estimate of drug-likeness (QED) is 0.538. The number of thiophene rings is 1. The van der Waals surface area contributed by atoms with Crippen LogP contribution in [-0.2, 0) is 24.2 Å². The topological polar surface area (TPSA) is 83.7 Å². The molecule has 7 heteroatoms. The van der Waals surface area contributed by atoms with Crippen LogP contribution >= 0.6 is 11.3 Å². The maximum absolute atomic E-state index is 13.4. The lowest BCUT2D eigenvalue weighted by atomic mass is 9.72. The molecule has 1 aliphatic heterocycles. The fourth-order valence-corrected chi connectivity index (χ4v) is 5.91. The summed E-state index contributed by atoms with van der Waals surface area (Å²) in [5, 5.41) is 6.45. The smallest absolute Gasteiger partial charge is 0.275 e. The van der Waals surface area contributed by atoms with Gasteiger partial charge >= 0.3 is 0 Å². The number of rotatable bonds is 4. The van der Waals surface area contributed by atoms with Gasteiger partial charge in [-0.05, 0) is 54.4 Å². The molecule has 1 aliphatic carbocycles. The molecule has 0 unspecified atom stereocenters. The molecule has 1 aromatic carbocycles. The summed E-state index contributed by atoms with van der Waals surface area (Å²) in [6.07, 6.45) is 4.39. The third kappa shape index (κ3) is 4.13. The summed E-state index contributed by atoms with van der Waals surface area (Å²) >= 11 is 1.55. The molecule has 2 amide bonds. The van der Waals surface area contributed by atoms with Crippen LogP contribution in [0.2, 0.25) is 0 Å². The first-order chi connectivity index (χ1) is 15.8. The number of para-hydroxylation sites is 1. The number of furan rings is 1. The van der Waals surface area contributed by atoms with Crippen molar-refractivity contribution in [1.82, 2.24) is 5.32 Å². The standard InChI is InChI=1S/C26H27N3O3S/c1-26(2,3)15-10-11-18-20(13-15)33-25(21(18)23(30)27-14-16-7-6-12-32-16)29-22-17-8-4-5-9-19(17)28-24(22)31/h4-9,12,15H,10-11,13-14H2,1-3H3,(H,27,30)(H,28,29,31)/t15-/m1/s1. The number of carbonyl (C=O) groups excluding carboxylic acids is 2. The molecule has 3 aromatic rings. The van der Waals surface area contributed by atoms with Crippen LogP contribution < -0.4 is 10.6 Å². The largest absolute Gasteiger partial charge is 0.467 e. The lowest BCUT2D eigenvalue weighted by molar-refractivity contribution is -0.110. The van der Waals surface area contributed by atoms with E-state index >= 15 is 0 Å². The molecule has 6 nitrogen and oxygen atoms in total. The van der Waals surface area contributed by atoms with Crippen LogP contribution in [0.4, 0.5) is 10.7 Å². The molecule has 0 saturated carbocycles. The van der Waals surface area contributed by atoms with Gasteiger partial charge in [-0.3, -0.25) is 9.59 Å². The van der Waals surface area contributed by atoms with Crippen molar-refractivity contribution in [2.75, 3.05) is 5.32 Å². The lowest BCUT2D eigenvalue weighted by Crippen LogP contribution is -2.28. The van der Waals surface area contributed by atoms with Gasteiger partial charge in [0.25, 0.3) is 11.8 Å². The Kier molecular flexibility index (Phi) is 5.44. The number of carbonyl (C=O) groups is 2. The molecule has 33 heavy (non-hydrogen) atoms. The maximum atomic E-state index is 13.4. The average molecular weight is 462 g/mol. The second-order valence-electron chi connectivity index (χ2n) is 9.71. The average Bonchev–Trinajstić information content (AvgIpc) is 3.49. The summed E-state index contributed by atoms with van der Waals surface area (Å²) in [5.41, 5.74) is 3.74. The Bertz CT molecular complexity index is 1250. The van der Waals surface area contributed by atoms with Crippen molar-refractivity contribution < 1.29 is 14.0 Å². The second kappa shape index (κ2) is 8.30. The van der Waals surface area contributed by atoms with Gasteiger partial charge in [-0.15, -0.1) is 11.3 Å². The fourth-order valence-electron chi connectivity index (χ4n) is 4.61. The molecule has 2 aliphatic rings. The van der Waals surface area contributed by atoms with Crippen molar-refractivity contribution >= 4 is 39.6 Å². The number of amides is 2. The van der Waals surface area contributed by atoms with E-state index in [1.165, 1.54) is 4.88 Å². The van der Waals surface area contributed by atoms with Gasteiger partial charge in [0.2, 0.25) is 0 Å². The number of nitrogens with one attached hydrogen (secondary N) is 2. The van der Waals surface area contributed by atoms with Gasteiger partial charge in [0.05, 0.1) is 24.1 Å². The van der Waals surface area contributed by atoms with E-state index < -0.39 is 0 Å². The van der Waals surface area contributed by atoms with E-state index in [9.17, 15) is 9.59 Å². The van der Waals surface area contributed by atoms with Gasteiger partial charge in [-0.1, -0.05) is 39.0 Å². The first-order valence-electron chi connectivity index (χ1n) is 11.3. The van der Waals surface area contributed by atoms with Gasteiger partial charge in [-0.2, -0.15) is 0 Å². The first-order valence-corrected chi connectivity index (χ1v) is 12.1. The minimum Gasteiger partial charge on any atom is -0.467 e. The maximum Gasteiger partial charge on any atom is 0.275 e. The molecule has 2 N–H and O–H groups in total. The van der Waals surface area contributed by atoms with Crippen LogP contribution in [0.25, 0.3) is 0 Å². The molecule has 3 heterocycles. The number of hydrogen-bond acceptors (Lipinski definition) is 5. The summed E-state index contributed by atoms with van der Waals surface area (Å²) in [5.74, 6) is 0.817. The van der Waals surface area contributed by atoms with Crippen molar-refractivity contribution in [3.63, 3.8) is 0 Å². The predicted octanol–water partition coefficient (Wildman–Crippen LogP) is 5.50. The van der Waals surface area contributed by atoms with E-state index in [-0.39, 0.29) is 17.2 Å². The SMILES string of the molecule is CC(C)(C)[C@@H]1CCc2c(sc(N=C3C(=O)Nc4ccccc43)c2C(=O)NCc2ccco2)C1. The molecular formula is C26H27N3O3S. The van der Waals surface area contributed by atoms with Crippen LogP contribution in [-0.4, -0.2) is 17.5 Å². The number of hydrogen-bond donors (Lipinski definition) is 2. The summed E-state index contributed by atoms with van der Waals surface area (Å²) < 4.78 is 5.36. The Balaban J connectivity index is 1.55. The van der Waals surface area contributed by atoms with Gasteiger partial charge < -0.3 is 15.1 Å². The van der Waals surface area contributed by atoms with Crippen molar-refractivity contribution in [3.05, 3.63) is 70.0 Å². The van der Waals surface area contributed by atoms with Crippen molar-refractivity contribution in [3.8, 4) is 0 Å². The highest BCUT2D eigenvalue weighted by molar-refractivity contribution is 7.16. The van der Waals surface area contributed by atoms with E-state index in [2.05, 4.69) is 31.4 Å². The summed E-state index contributed by atoms with van der Waals surface area (Å²) in [4.78, 5) is 32.0. The summed E-state index contributed by atoms with van der Waals surface area (Å²) in [6, 6.07) is 11.1. The zero-order valence-corrected chi connectivity index (χ0v) is 19.8. The Morgan fingerprint density at radius 3 is 2.82 bits per heavy atom. The van der Waals surface area contributed by atoms with Crippen LogP contribution in [0, 0.1) is 11.3 Å². The van der Waals surface area contributed by atoms with Gasteiger partial charge in [0.1, 0.15) is 16.5 Å². The molecule has 1 atom stereocenters. The molecule has 0 bridgehead atoms. The van der Waals surface area contributed by atoms with Crippen LogP contribution in [0.15, 0.2) is 52.1 Å². The third-order valence-electron chi connectivity index (χ3n) is 6.56. The second-order valence-corrected chi connectivity index (χ2v) is 10.8. The first kappa shape index (κ1) is 21.6. The van der Waals surface area contributed by atoms with Crippen molar-refractivity contribution in [2.45, 2.75) is 46.6 Å². The fraction of sp³-hybridized carbons (Fsp3) is 0.346. The van der Waals surface area contributed by atoms with Crippen LogP contribution in [0.1, 0.15) is 59.3 Å². The van der Waals surface area contributed by atoms with Crippen molar-refractivity contribution in [2.24, 2.45) is 16.3 Å². The zero-order valence-electron chi connectivity index (χ0n) is 19.0. The minimum atomic E-state index is -0.239. The van der Waals surface area contributed by atoms with E-state index in [1.807, 2.05) is 30.3 Å². The van der Waals surface area contributed by atoms with Crippen LogP contribution in [0.5, 0.6) is 0 Å². The Labute approximate surface area is 197 Å². The van der Waals surface area contributed by atoms with E-state index in [4.69, 9.17) is 9.41 Å². The highest BCUT2D eigenvalue weighted by Gasteiger charge is 2.34. The molecular weight excluding hydrogens is 434 g/mol. The minimum absolute atomic E-state index is 0.177. The Morgan fingerprint density at radius 2 is 2.06 bits per heavy atom. The number of anilines is 1. The van der Waals surface area contributed by atoms with Gasteiger partial charge in [-0.25, -0.2) is 4.99 Å². The summed E-state index contributed by atoms with van der Waals surface area (Å²) in [7, 11) is 0. The third-order valence-corrected chi connectivity index (χ3v) is 7.71. The highest BCUT2D eigenvalue weighted by Crippen LogP contribution is 2.45. The normalized spacial score (nSPS) is 18.7.